The van der Waals surface area contributed by atoms with Crippen molar-refractivity contribution in [1.29, 1.82) is 0 Å². The summed E-state index contributed by atoms with van der Waals surface area (Å²) in [5.74, 6) is 1.03. The molecule has 0 saturated heterocycles. The molecule has 1 heterocycles. The summed E-state index contributed by atoms with van der Waals surface area (Å²) in [6.45, 7) is 0. The van der Waals surface area contributed by atoms with Crippen molar-refractivity contribution in [2.75, 3.05) is 19.5 Å². The molecule has 0 aliphatic heterocycles. The smallest absolute Gasteiger partial charge is 0.273 e. The number of ether oxygens (including phenoxy) is 2. The number of nitrogens with one attached hydrogen (secondary N) is 2. The van der Waals surface area contributed by atoms with Crippen molar-refractivity contribution in [3.05, 3.63) is 58.7 Å². The topological polar surface area (TPSA) is 76.2 Å². The van der Waals surface area contributed by atoms with E-state index in [1.54, 1.807) is 26.4 Å². The molecule has 1 aromatic heterocycles. The monoisotopic (exact) mass is 401 g/mol. The van der Waals surface area contributed by atoms with Crippen LogP contribution in [-0.4, -0.2) is 30.3 Å². The molecule has 0 bridgehead atoms. The van der Waals surface area contributed by atoms with Crippen molar-refractivity contribution in [3.63, 3.8) is 0 Å². The predicted molar refractivity (Wildman–Crippen MR) is 99.2 cm³/mol. The van der Waals surface area contributed by atoms with Gasteiger partial charge in [0, 0.05) is 21.8 Å². The number of methoxy groups -OCH3 is 2. The Kier molecular flexibility index (Phi) is 5.04. The number of hydrogen-bond acceptors (Lipinski definition) is 4. The van der Waals surface area contributed by atoms with Gasteiger partial charge in [0.1, 0.15) is 17.2 Å². The third-order valence-corrected chi connectivity index (χ3v) is 4.08. The SMILES string of the molecule is COc1ccc(-c2cc(C(=O)Nc3cccc(Br)c3)[nH]n2)c(OC)c1. The third-order valence-electron chi connectivity index (χ3n) is 3.59. The van der Waals surface area contributed by atoms with Gasteiger partial charge in [0.2, 0.25) is 0 Å². The zero-order chi connectivity index (χ0) is 17.8. The first-order valence-corrected chi connectivity index (χ1v) is 8.24. The molecule has 1 amide bonds. The normalized spacial score (nSPS) is 10.4. The lowest BCUT2D eigenvalue weighted by atomic mass is 10.1. The minimum absolute atomic E-state index is 0.274. The van der Waals surface area contributed by atoms with Crippen LogP contribution in [0.3, 0.4) is 0 Å². The highest BCUT2D eigenvalue weighted by atomic mass is 79.9. The number of H-pyrrole nitrogens is 1. The molecule has 3 rings (SSSR count). The molecule has 0 aliphatic carbocycles. The van der Waals surface area contributed by atoms with E-state index in [2.05, 4.69) is 31.4 Å². The van der Waals surface area contributed by atoms with Gasteiger partial charge in [-0.15, -0.1) is 0 Å². The number of aromatic amines is 1. The molecule has 2 aromatic carbocycles. The third kappa shape index (κ3) is 3.83. The largest absolute Gasteiger partial charge is 0.497 e. The molecule has 2 N–H and O–H groups in total. The highest BCUT2D eigenvalue weighted by Gasteiger charge is 2.15. The first kappa shape index (κ1) is 17.0. The number of nitrogens with zero attached hydrogens (tertiary/aromatic N) is 1. The van der Waals surface area contributed by atoms with E-state index in [0.29, 0.717) is 28.6 Å². The summed E-state index contributed by atoms with van der Waals surface area (Å²) in [7, 11) is 3.17. The van der Waals surface area contributed by atoms with Crippen LogP contribution >= 0.6 is 15.9 Å². The van der Waals surface area contributed by atoms with Gasteiger partial charge in [-0.05, 0) is 36.4 Å². The fraction of sp³-hybridized carbons (Fsp3) is 0.111. The molecule has 0 unspecified atom stereocenters. The van der Waals surface area contributed by atoms with Crippen molar-refractivity contribution < 1.29 is 14.3 Å². The van der Waals surface area contributed by atoms with Crippen molar-refractivity contribution in [2.45, 2.75) is 0 Å². The lowest BCUT2D eigenvalue weighted by Crippen LogP contribution is -2.12. The number of rotatable bonds is 5. The molecule has 0 saturated carbocycles. The van der Waals surface area contributed by atoms with Crippen LogP contribution in [0.25, 0.3) is 11.3 Å². The minimum Gasteiger partial charge on any atom is -0.497 e. The Morgan fingerprint density at radius 2 is 1.96 bits per heavy atom. The van der Waals surface area contributed by atoms with Crippen LogP contribution in [0.1, 0.15) is 10.5 Å². The average Bonchev–Trinajstić information content (AvgIpc) is 3.11. The number of benzene rings is 2. The van der Waals surface area contributed by atoms with Gasteiger partial charge in [0.05, 0.1) is 19.9 Å². The maximum atomic E-state index is 12.4. The highest BCUT2D eigenvalue weighted by Crippen LogP contribution is 2.32. The molecule has 25 heavy (non-hydrogen) atoms. The van der Waals surface area contributed by atoms with Gasteiger partial charge in [0.15, 0.2) is 0 Å². The summed E-state index contributed by atoms with van der Waals surface area (Å²) in [4.78, 5) is 12.4. The van der Waals surface area contributed by atoms with Gasteiger partial charge < -0.3 is 14.8 Å². The number of amides is 1. The first-order chi connectivity index (χ1) is 12.1. The molecule has 6 nitrogen and oxygen atoms in total. The maximum absolute atomic E-state index is 12.4. The Balaban J connectivity index is 1.84. The van der Waals surface area contributed by atoms with E-state index in [4.69, 9.17) is 9.47 Å². The summed E-state index contributed by atoms with van der Waals surface area (Å²) in [5, 5.41) is 9.79. The Labute approximate surface area is 153 Å². The molecular formula is C18H16BrN3O3. The van der Waals surface area contributed by atoms with Crippen molar-refractivity contribution in [2.24, 2.45) is 0 Å². The number of anilines is 1. The van der Waals surface area contributed by atoms with E-state index in [-0.39, 0.29) is 5.91 Å². The maximum Gasteiger partial charge on any atom is 0.273 e. The number of carbonyl (C=O) groups excluding carboxylic acids is 1. The highest BCUT2D eigenvalue weighted by molar-refractivity contribution is 9.10. The number of aromatic nitrogens is 2. The first-order valence-electron chi connectivity index (χ1n) is 7.45. The van der Waals surface area contributed by atoms with Gasteiger partial charge in [-0.25, -0.2) is 0 Å². The van der Waals surface area contributed by atoms with Gasteiger partial charge in [0.25, 0.3) is 5.91 Å². The number of hydrogen-bond donors (Lipinski definition) is 2. The second-order valence-corrected chi connectivity index (χ2v) is 6.11. The van der Waals surface area contributed by atoms with E-state index in [0.717, 1.165) is 10.0 Å². The lowest BCUT2D eigenvalue weighted by Gasteiger charge is -2.08. The molecule has 0 aliphatic rings. The zero-order valence-corrected chi connectivity index (χ0v) is 15.3. The van der Waals surface area contributed by atoms with Crippen LogP contribution in [0.2, 0.25) is 0 Å². The standard InChI is InChI=1S/C18H16BrN3O3/c1-24-13-6-7-14(17(9-13)25-2)15-10-16(22-21-15)18(23)20-12-5-3-4-11(19)8-12/h3-10H,1-2H3,(H,20,23)(H,21,22). The summed E-state index contributed by atoms with van der Waals surface area (Å²) >= 11 is 3.38. The van der Waals surface area contributed by atoms with E-state index < -0.39 is 0 Å². The summed E-state index contributed by atoms with van der Waals surface area (Å²) in [6.07, 6.45) is 0. The van der Waals surface area contributed by atoms with Gasteiger partial charge in [-0.3, -0.25) is 9.89 Å². The number of carbonyl (C=O) groups is 1. The van der Waals surface area contributed by atoms with E-state index in [1.807, 2.05) is 36.4 Å². The van der Waals surface area contributed by atoms with Crippen molar-refractivity contribution in [1.82, 2.24) is 10.2 Å². The summed E-state index contributed by atoms with van der Waals surface area (Å²) < 4.78 is 11.5. The van der Waals surface area contributed by atoms with E-state index >= 15 is 0 Å². The molecule has 128 valence electrons. The van der Waals surface area contributed by atoms with Crippen molar-refractivity contribution >= 4 is 27.5 Å². The molecule has 0 atom stereocenters. The molecule has 0 fully saturated rings. The van der Waals surface area contributed by atoms with Crippen LogP contribution in [-0.2, 0) is 0 Å². The van der Waals surface area contributed by atoms with Crippen LogP contribution in [0.4, 0.5) is 5.69 Å². The summed E-state index contributed by atoms with van der Waals surface area (Å²) in [5.41, 5.74) is 2.42. The molecule has 7 heteroatoms. The van der Waals surface area contributed by atoms with Crippen LogP contribution in [0.5, 0.6) is 11.5 Å². The quantitative estimate of drug-likeness (QED) is 0.674. The van der Waals surface area contributed by atoms with Crippen LogP contribution in [0, 0.1) is 0 Å². The molecule has 3 aromatic rings. The zero-order valence-electron chi connectivity index (χ0n) is 13.7. The second-order valence-electron chi connectivity index (χ2n) is 5.20. The van der Waals surface area contributed by atoms with Crippen LogP contribution < -0.4 is 14.8 Å². The van der Waals surface area contributed by atoms with E-state index in [1.165, 1.54) is 0 Å². The lowest BCUT2D eigenvalue weighted by molar-refractivity contribution is 0.102. The second kappa shape index (κ2) is 7.40. The Hall–Kier alpha value is -2.80. The molecular weight excluding hydrogens is 386 g/mol. The average molecular weight is 402 g/mol. The molecule has 0 spiro atoms. The van der Waals surface area contributed by atoms with Gasteiger partial charge in [-0.2, -0.15) is 5.10 Å². The van der Waals surface area contributed by atoms with Crippen LogP contribution in [0.15, 0.2) is 53.0 Å². The number of halogens is 1. The molecule has 0 radical (unpaired) electrons. The van der Waals surface area contributed by atoms with E-state index in [9.17, 15) is 4.79 Å². The van der Waals surface area contributed by atoms with Crippen molar-refractivity contribution in [3.8, 4) is 22.8 Å². The fourth-order valence-electron chi connectivity index (χ4n) is 2.35. The minimum atomic E-state index is -0.274. The van der Waals surface area contributed by atoms with Gasteiger partial charge in [-0.1, -0.05) is 22.0 Å². The Bertz CT molecular complexity index is 908. The fourth-order valence-corrected chi connectivity index (χ4v) is 2.75. The Morgan fingerprint density at radius 1 is 1.12 bits per heavy atom. The summed E-state index contributed by atoms with van der Waals surface area (Å²) in [6, 6.07) is 14.5. The predicted octanol–water partition coefficient (Wildman–Crippen LogP) is 4.11. The Morgan fingerprint density at radius 3 is 2.68 bits per heavy atom. The van der Waals surface area contributed by atoms with Gasteiger partial charge >= 0.3 is 0 Å².